The van der Waals surface area contributed by atoms with Crippen LogP contribution in [-0.2, 0) is 33.1 Å². The molecule has 10 heteroatoms. The van der Waals surface area contributed by atoms with Crippen LogP contribution in [0.2, 0.25) is 0 Å². The number of rotatable bonds is 9. The summed E-state index contributed by atoms with van der Waals surface area (Å²) in [7, 11) is -2.02. The van der Waals surface area contributed by atoms with Crippen molar-refractivity contribution < 1.29 is 18.0 Å². The maximum absolute atomic E-state index is 12.4. The van der Waals surface area contributed by atoms with Crippen LogP contribution in [0.1, 0.15) is 25.8 Å². The van der Waals surface area contributed by atoms with E-state index >= 15 is 0 Å². The monoisotopic (exact) mass is 407 g/mol. The van der Waals surface area contributed by atoms with Gasteiger partial charge in [0.25, 0.3) is 0 Å². The van der Waals surface area contributed by atoms with Crippen molar-refractivity contribution in [2.75, 3.05) is 11.9 Å². The van der Waals surface area contributed by atoms with Crippen molar-refractivity contribution in [3.05, 3.63) is 42.2 Å². The summed E-state index contributed by atoms with van der Waals surface area (Å²) in [6, 6.07) is 4.79. The fourth-order valence-corrected chi connectivity index (χ4v) is 3.74. The second-order valence-corrected chi connectivity index (χ2v) is 8.18. The van der Waals surface area contributed by atoms with E-state index in [0.717, 1.165) is 18.4 Å². The molecule has 0 radical (unpaired) electrons. The Morgan fingerprint density at radius 1 is 1.21 bits per heavy atom. The number of nitrogens with zero attached hydrogens (tertiary/aromatic N) is 2. The highest BCUT2D eigenvalue weighted by molar-refractivity contribution is 7.89. The van der Waals surface area contributed by atoms with Gasteiger partial charge in [0.1, 0.15) is 0 Å². The molecule has 0 saturated carbocycles. The fourth-order valence-electron chi connectivity index (χ4n) is 2.53. The van der Waals surface area contributed by atoms with Crippen molar-refractivity contribution in [1.82, 2.24) is 19.8 Å². The lowest BCUT2D eigenvalue weighted by Crippen LogP contribution is -2.45. The second-order valence-electron chi connectivity index (χ2n) is 6.47. The molecular formula is C18H25N5O4S. The molecule has 1 aromatic carbocycles. The molecule has 3 N–H and O–H groups in total. The third-order valence-electron chi connectivity index (χ3n) is 3.91. The average Bonchev–Trinajstić information content (AvgIpc) is 3.03. The molecule has 152 valence electrons. The number of carbonyl (C=O) groups is 2. The zero-order chi connectivity index (χ0) is 20.7. The maximum Gasteiger partial charge on any atom is 0.241 e. The largest absolute Gasteiger partial charge is 0.355 e. The highest BCUT2D eigenvalue weighted by atomic mass is 32.2. The van der Waals surface area contributed by atoms with Crippen molar-refractivity contribution in [2.24, 2.45) is 7.05 Å². The number of benzene rings is 1. The number of anilines is 1. The first-order chi connectivity index (χ1) is 13.2. The number of sulfonamides is 1. The quantitative estimate of drug-likeness (QED) is 0.531. The Balaban J connectivity index is 1.83. The number of hydrogen-bond acceptors (Lipinski definition) is 5. The van der Waals surface area contributed by atoms with E-state index in [1.165, 1.54) is 38.1 Å². The molecule has 0 aliphatic carbocycles. The predicted octanol–water partition coefficient (Wildman–Crippen LogP) is 0.794. The molecule has 2 aromatic rings. The molecule has 0 bridgehead atoms. The Bertz CT molecular complexity index is 922. The summed E-state index contributed by atoms with van der Waals surface area (Å²) >= 11 is 0. The van der Waals surface area contributed by atoms with E-state index in [2.05, 4.69) is 20.5 Å². The van der Waals surface area contributed by atoms with E-state index in [1.807, 2.05) is 13.2 Å². The van der Waals surface area contributed by atoms with Crippen molar-refractivity contribution >= 4 is 27.5 Å². The Hall–Kier alpha value is -2.72. The number of aryl methyl sites for hydroxylation is 2. The van der Waals surface area contributed by atoms with Crippen LogP contribution in [0.15, 0.2) is 41.6 Å². The van der Waals surface area contributed by atoms with Crippen LogP contribution in [0, 0.1) is 0 Å². The van der Waals surface area contributed by atoms with E-state index in [0.29, 0.717) is 12.2 Å². The third-order valence-corrected chi connectivity index (χ3v) is 5.47. The minimum absolute atomic E-state index is 0.0119. The average molecular weight is 407 g/mol. The molecule has 28 heavy (non-hydrogen) atoms. The van der Waals surface area contributed by atoms with Crippen LogP contribution >= 0.6 is 0 Å². The summed E-state index contributed by atoms with van der Waals surface area (Å²) in [5, 5.41) is 9.36. The number of nitrogens with one attached hydrogen (secondary N) is 3. The van der Waals surface area contributed by atoms with Gasteiger partial charge in [0, 0.05) is 32.4 Å². The van der Waals surface area contributed by atoms with E-state index in [9.17, 15) is 18.0 Å². The smallest absolute Gasteiger partial charge is 0.241 e. The lowest BCUT2D eigenvalue weighted by Gasteiger charge is -2.14. The molecule has 0 aliphatic heterocycles. The summed E-state index contributed by atoms with van der Waals surface area (Å²) in [4.78, 5) is 23.2. The SMILES string of the molecule is CC(=O)Nc1ccc(S(=O)(=O)N[C@@H](C)C(=O)NCCCc2cnn(C)c2)cc1. The molecule has 0 fully saturated rings. The molecule has 9 nitrogen and oxygen atoms in total. The first-order valence-electron chi connectivity index (χ1n) is 8.82. The van der Waals surface area contributed by atoms with Gasteiger partial charge in [-0.2, -0.15) is 9.82 Å². The first-order valence-corrected chi connectivity index (χ1v) is 10.3. The highest BCUT2D eigenvalue weighted by Crippen LogP contribution is 2.14. The van der Waals surface area contributed by atoms with Crippen LogP contribution < -0.4 is 15.4 Å². The minimum Gasteiger partial charge on any atom is -0.355 e. The highest BCUT2D eigenvalue weighted by Gasteiger charge is 2.21. The summed E-state index contributed by atoms with van der Waals surface area (Å²) in [5.74, 6) is -0.646. The van der Waals surface area contributed by atoms with Gasteiger partial charge < -0.3 is 10.6 Å². The Labute approximate surface area is 164 Å². The van der Waals surface area contributed by atoms with Gasteiger partial charge in [-0.1, -0.05) is 0 Å². The number of hydrogen-bond donors (Lipinski definition) is 3. The molecule has 0 saturated heterocycles. The van der Waals surface area contributed by atoms with Crippen molar-refractivity contribution in [1.29, 1.82) is 0 Å². The van der Waals surface area contributed by atoms with Gasteiger partial charge >= 0.3 is 0 Å². The van der Waals surface area contributed by atoms with Crippen molar-refractivity contribution in [2.45, 2.75) is 37.6 Å². The van der Waals surface area contributed by atoms with Crippen LogP contribution in [0.25, 0.3) is 0 Å². The minimum atomic E-state index is -3.86. The summed E-state index contributed by atoms with van der Waals surface area (Å²) in [6.45, 7) is 3.29. The zero-order valence-electron chi connectivity index (χ0n) is 16.1. The zero-order valence-corrected chi connectivity index (χ0v) is 16.9. The van der Waals surface area contributed by atoms with Crippen molar-refractivity contribution in [3.8, 4) is 0 Å². The fraction of sp³-hybridized carbons (Fsp3) is 0.389. The summed E-state index contributed by atoms with van der Waals surface area (Å²) < 4.78 is 28.9. The van der Waals surface area contributed by atoms with Gasteiger partial charge in [0.05, 0.1) is 17.1 Å². The molecular weight excluding hydrogens is 382 g/mol. The first kappa shape index (κ1) is 21.6. The molecule has 1 heterocycles. The molecule has 2 amide bonds. The molecule has 1 aromatic heterocycles. The lowest BCUT2D eigenvalue weighted by atomic mass is 10.2. The second kappa shape index (κ2) is 9.47. The van der Waals surface area contributed by atoms with E-state index in [4.69, 9.17) is 0 Å². The molecule has 0 unspecified atom stereocenters. The number of amides is 2. The predicted molar refractivity (Wildman–Crippen MR) is 105 cm³/mol. The van der Waals surface area contributed by atoms with Gasteiger partial charge in [0.2, 0.25) is 21.8 Å². The number of aromatic nitrogens is 2. The molecule has 0 aliphatic rings. The molecule has 1 atom stereocenters. The Kier molecular flexibility index (Phi) is 7.30. The van der Waals surface area contributed by atoms with Gasteiger partial charge in [0.15, 0.2) is 0 Å². The van der Waals surface area contributed by atoms with E-state index in [-0.39, 0.29) is 10.8 Å². The number of carbonyl (C=O) groups excluding carboxylic acids is 2. The summed E-state index contributed by atoms with van der Waals surface area (Å²) in [5.41, 5.74) is 1.57. The van der Waals surface area contributed by atoms with Crippen LogP contribution in [0.3, 0.4) is 0 Å². The topological polar surface area (TPSA) is 122 Å². The standard InChI is InChI=1S/C18H25N5O4S/c1-13(18(25)19-10-4-5-15-11-20-23(3)12-15)22-28(26,27)17-8-6-16(7-9-17)21-14(2)24/h6-9,11-13,22H,4-5,10H2,1-3H3,(H,19,25)(H,21,24)/t13-/m0/s1. The van der Waals surface area contributed by atoms with Crippen molar-refractivity contribution in [3.63, 3.8) is 0 Å². The normalized spacial score (nSPS) is 12.4. The maximum atomic E-state index is 12.4. The van der Waals surface area contributed by atoms with Crippen LogP contribution in [0.5, 0.6) is 0 Å². The third kappa shape index (κ3) is 6.46. The molecule has 0 spiro atoms. The van der Waals surface area contributed by atoms with Gasteiger partial charge in [-0.25, -0.2) is 8.42 Å². The molecule has 2 rings (SSSR count). The van der Waals surface area contributed by atoms with Gasteiger partial charge in [-0.15, -0.1) is 0 Å². The Morgan fingerprint density at radius 2 is 1.89 bits per heavy atom. The summed E-state index contributed by atoms with van der Waals surface area (Å²) in [6.07, 6.45) is 5.18. The van der Waals surface area contributed by atoms with Gasteiger partial charge in [-0.3, -0.25) is 14.3 Å². The van der Waals surface area contributed by atoms with Crippen LogP contribution in [-0.4, -0.2) is 42.6 Å². The van der Waals surface area contributed by atoms with Crippen LogP contribution in [0.4, 0.5) is 5.69 Å². The lowest BCUT2D eigenvalue weighted by molar-refractivity contribution is -0.122. The van der Waals surface area contributed by atoms with Gasteiger partial charge in [-0.05, 0) is 49.6 Å². The van der Waals surface area contributed by atoms with E-state index in [1.54, 1.807) is 10.9 Å². The van der Waals surface area contributed by atoms with E-state index < -0.39 is 22.0 Å². The Morgan fingerprint density at radius 3 is 2.46 bits per heavy atom.